The highest BCUT2D eigenvalue weighted by atomic mass is 32.1. The number of carboxylic acids is 1. The van der Waals surface area contributed by atoms with E-state index < -0.39 is 11.5 Å². The molecule has 0 saturated carbocycles. The lowest BCUT2D eigenvalue weighted by atomic mass is 10.1. The molecule has 7 heteroatoms. The second-order valence-corrected chi connectivity index (χ2v) is 5.28. The molecule has 2 aromatic heterocycles. The predicted molar refractivity (Wildman–Crippen MR) is 71.5 cm³/mol. The van der Waals surface area contributed by atoms with Gasteiger partial charge in [-0.05, 0) is 25.3 Å². The van der Waals surface area contributed by atoms with Crippen LogP contribution in [0.15, 0.2) is 29.2 Å². The number of nitrogens with one attached hydrogen (secondary N) is 1. The van der Waals surface area contributed by atoms with Crippen LogP contribution in [0.5, 0.6) is 0 Å². The van der Waals surface area contributed by atoms with Crippen molar-refractivity contribution in [3.8, 4) is 0 Å². The van der Waals surface area contributed by atoms with E-state index in [9.17, 15) is 9.59 Å². The minimum atomic E-state index is -1.16. The summed E-state index contributed by atoms with van der Waals surface area (Å²) < 4.78 is 1.30. The summed E-state index contributed by atoms with van der Waals surface area (Å²) in [7, 11) is 0. The zero-order valence-electron chi connectivity index (χ0n) is 10.5. The molecule has 2 N–H and O–H groups in total. The summed E-state index contributed by atoms with van der Waals surface area (Å²) >= 11 is 1.43. The molecule has 0 atom stereocenters. The fraction of sp³-hybridized carbons (Fsp3) is 0.250. The number of aliphatic carboxylic acids is 1. The van der Waals surface area contributed by atoms with Gasteiger partial charge in [-0.3, -0.25) is 9.48 Å². The van der Waals surface area contributed by atoms with Crippen LogP contribution in [0.2, 0.25) is 0 Å². The van der Waals surface area contributed by atoms with Crippen LogP contribution in [0.1, 0.15) is 24.2 Å². The van der Waals surface area contributed by atoms with Crippen molar-refractivity contribution >= 4 is 28.9 Å². The molecular formula is C12H13N3O3S. The van der Waals surface area contributed by atoms with E-state index in [4.69, 9.17) is 5.11 Å². The minimum absolute atomic E-state index is 0.242. The first-order valence-electron chi connectivity index (χ1n) is 5.53. The van der Waals surface area contributed by atoms with Gasteiger partial charge in [-0.2, -0.15) is 16.4 Å². The van der Waals surface area contributed by atoms with Gasteiger partial charge < -0.3 is 10.4 Å². The van der Waals surface area contributed by atoms with Crippen molar-refractivity contribution in [2.75, 3.05) is 5.32 Å². The van der Waals surface area contributed by atoms with Gasteiger partial charge in [-0.25, -0.2) is 4.79 Å². The maximum absolute atomic E-state index is 11.8. The average molecular weight is 279 g/mol. The number of hydrogen-bond acceptors (Lipinski definition) is 4. The van der Waals surface area contributed by atoms with Crippen molar-refractivity contribution in [2.45, 2.75) is 19.4 Å². The van der Waals surface area contributed by atoms with Crippen molar-refractivity contribution < 1.29 is 14.7 Å². The Morgan fingerprint density at radius 3 is 2.79 bits per heavy atom. The minimum Gasteiger partial charge on any atom is -0.479 e. The number of carboxylic acid groups (broad SMARTS) is 1. The number of anilines is 1. The third kappa shape index (κ3) is 2.65. The van der Waals surface area contributed by atoms with Gasteiger partial charge in [-0.15, -0.1) is 0 Å². The molecule has 0 aliphatic rings. The van der Waals surface area contributed by atoms with Gasteiger partial charge in [0, 0.05) is 11.6 Å². The van der Waals surface area contributed by atoms with Gasteiger partial charge >= 0.3 is 5.97 Å². The number of hydrogen-bond donors (Lipinski definition) is 2. The monoisotopic (exact) mass is 279 g/mol. The summed E-state index contributed by atoms with van der Waals surface area (Å²) in [6, 6.07) is 1.71. The van der Waals surface area contributed by atoms with Crippen LogP contribution in [0, 0.1) is 0 Å². The molecule has 6 nitrogen and oxygen atoms in total. The lowest BCUT2D eigenvalue weighted by Crippen LogP contribution is -2.35. The molecule has 0 saturated heterocycles. The van der Waals surface area contributed by atoms with Gasteiger partial charge in [0.05, 0.1) is 17.4 Å². The van der Waals surface area contributed by atoms with E-state index in [-0.39, 0.29) is 5.91 Å². The van der Waals surface area contributed by atoms with E-state index in [0.29, 0.717) is 11.3 Å². The van der Waals surface area contributed by atoms with Crippen molar-refractivity contribution in [3.63, 3.8) is 0 Å². The highest BCUT2D eigenvalue weighted by Gasteiger charge is 2.30. The number of carbonyl (C=O) groups is 2. The third-order valence-corrected chi connectivity index (χ3v) is 3.40. The summed E-state index contributed by atoms with van der Waals surface area (Å²) in [4.78, 5) is 22.9. The van der Waals surface area contributed by atoms with E-state index >= 15 is 0 Å². The quantitative estimate of drug-likeness (QED) is 0.896. The molecule has 0 spiro atoms. The van der Waals surface area contributed by atoms with E-state index in [0.717, 1.165) is 0 Å². The Labute approximate surface area is 113 Å². The largest absolute Gasteiger partial charge is 0.479 e. The van der Waals surface area contributed by atoms with Crippen LogP contribution in [0.3, 0.4) is 0 Å². The summed E-state index contributed by atoms with van der Waals surface area (Å²) in [5.74, 6) is -1.24. The number of amides is 1. The van der Waals surface area contributed by atoms with Gasteiger partial charge in [0.25, 0.3) is 5.91 Å². The molecule has 2 heterocycles. The molecular weight excluding hydrogens is 266 g/mol. The Morgan fingerprint density at radius 1 is 1.47 bits per heavy atom. The van der Waals surface area contributed by atoms with Gasteiger partial charge in [0.15, 0.2) is 5.54 Å². The first kappa shape index (κ1) is 13.3. The SMILES string of the molecule is CC(C)(C(=O)O)n1cc(NC(=O)c2ccsc2)cn1. The van der Waals surface area contributed by atoms with Crippen molar-refractivity contribution in [1.29, 1.82) is 0 Å². The summed E-state index contributed by atoms with van der Waals surface area (Å²) in [5.41, 5.74) is -0.133. The first-order valence-corrected chi connectivity index (χ1v) is 6.47. The Hall–Kier alpha value is -2.15. The Kier molecular flexibility index (Phi) is 3.39. The molecule has 2 rings (SSSR count). The number of aromatic nitrogens is 2. The fourth-order valence-corrected chi connectivity index (χ4v) is 2.02. The predicted octanol–water partition coefficient (Wildman–Crippen LogP) is 2.02. The van der Waals surface area contributed by atoms with Crippen molar-refractivity contribution in [2.24, 2.45) is 0 Å². The standard InChI is InChI=1S/C12H13N3O3S/c1-12(2,11(17)18)15-6-9(5-13-15)14-10(16)8-3-4-19-7-8/h3-7H,1-2H3,(H,14,16)(H,17,18). The van der Waals surface area contributed by atoms with E-state index in [1.54, 1.807) is 11.4 Å². The Bertz CT molecular complexity index is 602. The van der Waals surface area contributed by atoms with Crippen LogP contribution in [0.4, 0.5) is 5.69 Å². The zero-order valence-corrected chi connectivity index (χ0v) is 11.3. The van der Waals surface area contributed by atoms with E-state index in [1.165, 1.54) is 42.3 Å². The van der Waals surface area contributed by atoms with E-state index in [2.05, 4.69) is 10.4 Å². The van der Waals surface area contributed by atoms with Gasteiger partial charge in [0.2, 0.25) is 0 Å². The normalized spacial score (nSPS) is 11.3. The second kappa shape index (κ2) is 4.85. The van der Waals surface area contributed by atoms with Crippen LogP contribution < -0.4 is 5.32 Å². The lowest BCUT2D eigenvalue weighted by molar-refractivity contribution is -0.146. The fourth-order valence-electron chi connectivity index (χ4n) is 1.39. The maximum atomic E-state index is 11.8. The summed E-state index contributed by atoms with van der Waals surface area (Å²) in [6.07, 6.45) is 2.92. The lowest BCUT2D eigenvalue weighted by Gasteiger charge is -2.19. The molecule has 1 amide bonds. The van der Waals surface area contributed by atoms with Gasteiger partial charge in [0.1, 0.15) is 0 Å². The first-order chi connectivity index (χ1) is 8.91. The highest BCUT2D eigenvalue weighted by molar-refractivity contribution is 7.08. The molecule has 0 bridgehead atoms. The number of rotatable bonds is 4. The molecule has 0 aromatic carbocycles. The maximum Gasteiger partial charge on any atom is 0.331 e. The van der Waals surface area contributed by atoms with E-state index in [1.807, 2.05) is 5.38 Å². The highest BCUT2D eigenvalue weighted by Crippen LogP contribution is 2.18. The average Bonchev–Trinajstić information content (AvgIpc) is 2.99. The summed E-state index contributed by atoms with van der Waals surface area (Å²) in [6.45, 7) is 3.07. The van der Waals surface area contributed by atoms with Crippen molar-refractivity contribution in [1.82, 2.24) is 9.78 Å². The van der Waals surface area contributed by atoms with Gasteiger partial charge in [-0.1, -0.05) is 0 Å². The van der Waals surface area contributed by atoms with Crippen molar-refractivity contribution in [3.05, 3.63) is 34.8 Å². The Morgan fingerprint density at radius 2 is 2.21 bits per heavy atom. The molecule has 100 valence electrons. The zero-order chi connectivity index (χ0) is 14.0. The second-order valence-electron chi connectivity index (χ2n) is 4.50. The van der Waals surface area contributed by atoms with Crippen LogP contribution in [-0.2, 0) is 10.3 Å². The summed E-state index contributed by atoms with van der Waals surface area (Å²) in [5, 5.41) is 19.3. The molecule has 19 heavy (non-hydrogen) atoms. The number of nitrogens with zero attached hydrogens (tertiary/aromatic N) is 2. The Balaban J connectivity index is 2.14. The molecule has 0 fully saturated rings. The van der Waals surface area contributed by atoms with Crippen LogP contribution >= 0.6 is 11.3 Å². The molecule has 0 aliphatic carbocycles. The molecule has 0 unspecified atom stereocenters. The number of carbonyl (C=O) groups excluding carboxylic acids is 1. The number of thiophene rings is 1. The third-order valence-electron chi connectivity index (χ3n) is 2.72. The van der Waals surface area contributed by atoms with Crippen LogP contribution in [-0.4, -0.2) is 26.8 Å². The smallest absolute Gasteiger partial charge is 0.331 e. The topological polar surface area (TPSA) is 84.2 Å². The van der Waals surface area contributed by atoms with Crippen LogP contribution in [0.25, 0.3) is 0 Å². The molecule has 0 aliphatic heterocycles. The molecule has 0 radical (unpaired) electrons. The molecule has 2 aromatic rings.